The second-order valence-electron chi connectivity index (χ2n) is 1.59. The van der Waals surface area contributed by atoms with Crippen molar-refractivity contribution in [3.05, 3.63) is 0 Å². The highest BCUT2D eigenvalue weighted by molar-refractivity contribution is 4.68. The summed E-state index contributed by atoms with van der Waals surface area (Å²) in [6, 6.07) is 0. The molecule has 1 nitrogen and oxygen atoms in total. The zero-order valence-corrected chi connectivity index (χ0v) is 9.58. The molecule has 1 fully saturated rings. The summed E-state index contributed by atoms with van der Waals surface area (Å²) in [4.78, 5) is 0. The van der Waals surface area contributed by atoms with E-state index >= 15 is 0 Å². The summed E-state index contributed by atoms with van der Waals surface area (Å²) in [5.41, 5.74) is 0. The quantitative estimate of drug-likeness (QED) is 0.601. The summed E-state index contributed by atoms with van der Waals surface area (Å²) in [5, 5.41) is 2.90. The molecule has 1 unspecified atom stereocenters. The first-order chi connectivity index (χ1) is 5.89. The van der Waals surface area contributed by atoms with Crippen molar-refractivity contribution in [2.45, 2.75) is 54.1 Å². The molecule has 1 saturated heterocycles. The van der Waals surface area contributed by atoms with Gasteiger partial charge >= 0.3 is 0 Å². The first kappa shape index (κ1) is 17.8. The Bertz CT molecular complexity index is 43.1. The van der Waals surface area contributed by atoms with Crippen molar-refractivity contribution in [2.24, 2.45) is 0 Å². The van der Waals surface area contributed by atoms with E-state index in [9.17, 15) is 4.39 Å². The largest absolute Gasteiger partial charge is 0.314 e. The lowest BCUT2D eigenvalue weighted by atomic mass is 10.4. The van der Waals surface area contributed by atoms with Gasteiger partial charge in [-0.2, -0.15) is 0 Å². The zero-order valence-electron chi connectivity index (χ0n) is 9.58. The SMILES string of the molecule is CC.CC.CC.FC1CCNC1. The van der Waals surface area contributed by atoms with E-state index < -0.39 is 6.17 Å². The lowest BCUT2D eigenvalue weighted by Crippen LogP contribution is -2.08. The Hall–Kier alpha value is -0.110. The van der Waals surface area contributed by atoms with Crippen molar-refractivity contribution < 1.29 is 4.39 Å². The number of nitrogens with one attached hydrogen (secondary N) is 1. The smallest absolute Gasteiger partial charge is 0.114 e. The Morgan fingerprint density at radius 2 is 1.42 bits per heavy atom. The highest BCUT2D eigenvalue weighted by Crippen LogP contribution is 1.99. The van der Waals surface area contributed by atoms with Crippen LogP contribution in [0, 0.1) is 0 Å². The number of hydrogen-bond donors (Lipinski definition) is 1. The molecule has 0 aliphatic carbocycles. The third kappa shape index (κ3) is 16.5. The van der Waals surface area contributed by atoms with Crippen LogP contribution in [0.25, 0.3) is 0 Å². The Kier molecular flexibility index (Phi) is 33.4. The Morgan fingerprint density at radius 3 is 1.50 bits per heavy atom. The third-order valence-corrected chi connectivity index (χ3v) is 1.00. The van der Waals surface area contributed by atoms with Crippen molar-refractivity contribution in [2.75, 3.05) is 13.1 Å². The van der Waals surface area contributed by atoms with Crippen molar-refractivity contribution in [3.8, 4) is 0 Å². The fourth-order valence-electron chi connectivity index (χ4n) is 0.619. The van der Waals surface area contributed by atoms with Gasteiger partial charge in [-0.05, 0) is 13.0 Å². The predicted octanol–water partition coefficient (Wildman–Crippen LogP) is 3.40. The molecule has 0 aromatic heterocycles. The molecule has 78 valence electrons. The van der Waals surface area contributed by atoms with Gasteiger partial charge in [0.2, 0.25) is 0 Å². The molecular weight excluding hydrogens is 153 g/mol. The highest BCUT2D eigenvalue weighted by atomic mass is 19.1. The molecule has 1 aliphatic heterocycles. The van der Waals surface area contributed by atoms with Crippen LogP contribution in [-0.2, 0) is 0 Å². The van der Waals surface area contributed by atoms with Crippen LogP contribution in [0.1, 0.15) is 48.0 Å². The van der Waals surface area contributed by atoms with Crippen molar-refractivity contribution in [3.63, 3.8) is 0 Å². The van der Waals surface area contributed by atoms with Crippen molar-refractivity contribution >= 4 is 0 Å². The van der Waals surface area contributed by atoms with E-state index in [4.69, 9.17) is 0 Å². The summed E-state index contributed by atoms with van der Waals surface area (Å²) >= 11 is 0. The second-order valence-corrected chi connectivity index (χ2v) is 1.59. The van der Waals surface area contributed by atoms with Gasteiger partial charge in [0, 0.05) is 6.54 Å². The minimum atomic E-state index is -0.565. The average molecular weight is 179 g/mol. The van der Waals surface area contributed by atoms with Gasteiger partial charge in [0.25, 0.3) is 0 Å². The molecule has 0 saturated carbocycles. The summed E-state index contributed by atoms with van der Waals surface area (Å²) < 4.78 is 11.9. The standard InChI is InChI=1S/C4H8FN.3C2H6/c5-4-1-2-6-3-4;3*1-2/h4,6H,1-3H2;3*1-2H3. The van der Waals surface area contributed by atoms with Crippen LogP contribution >= 0.6 is 0 Å². The first-order valence-corrected chi connectivity index (χ1v) is 5.24. The second kappa shape index (κ2) is 22.4. The maximum atomic E-state index is 11.9. The van der Waals surface area contributed by atoms with Gasteiger partial charge in [-0.15, -0.1) is 0 Å². The molecule has 0 amide bonds. The molecule has 1 aliphatic rings. The van der Waals surface area contributed by atoms with Crippen molar-refractivity contribution in [1.82, 2.24) is 5.32 Å². The van der Waals surface area contributed by atoms with Gasteiger partial charge in [0.1, 0.15) is 6.17 Å². The lowest BCUT2D eigenvalue weighted by Gasteiger charge is -1.86. The molecular formula is C10H26FN. The Morgan fingerprint density at radius 1 is 1.00 bits per heavy atom. The van der Waals surface area contributed by atoms with E-state index in [0.29, 0.717) is 13.0 Å². The first-order valence-electron chi connectivity index (χ1n) is 5.24. The summed E-state index contributed by atoms with van der Waals surface area (Å²) in [5.74, 6) is 0. The minimum absolute atomic E-state index is 0.565. The number of rotatable bonds is 0. The number of halogens is 1. The van der Waals surface area contributed by atoms with Crippen molar-refractivity contribution in [1.29, 1.82) is 0 Å². The van der Waals surface area contributed by atoms with Crippen LogP contribution in [0.4, 0.5) is 4.39 Å². The Balaban J connectivity index is -0.000000117. The third-order valence-electron chi connectivity index (χ3n) is 1.00. The average Bonchev–Trinajstić information content (AvgIpc) is 2.66. The van der Waals surface area contributed by atoms with Crippen LogP contribution in [0.3, 0.4) is 0 Å². The van der Waals surface area contributed by atoms with Crippen LogP contribution in [0.5, 0.6) is 0 Å². The van der Waals surface area contributed by atoms with E-state index in [0.717, 1.165) is 6.54 Å². The highest BCUT2D eigenvalue weighted by Gasteiger charge is 2.10. The Labute approximate surface area is 77.8 Å². The van der Waals surface area contributed by atoms with Crippen LogP contribution in [0.15, 0.2) is 0 Å². The van der Waals surface area contributed by atoms with E-state index in [2.05, 4.69) is 5.32 Å². The summed E-state index contributed by atoms with van der Waals surface area (Å²) in [6.07, 6.45) is 0.144. The van der Waals surface area contributed by atoms with Gasteiger partial charge in [-0.1, -0.05) is 41.5 Å². The minimum Gasteiger partial charge on any atom is -0.314 e. The molecule has 1 heterocycles. The lowest BCUT2D eigenvalue weighted by molar-refractivity contribution is 0.361. The molecule has 1 atom stereocenters. The summed E-state index contributed by atoms with van der Waals surface area (Å²) in [7, 11) is 0. The van der Waals surface area contributed by atoms with E-state index in [1.165, 1.54) is 0 Å². The summed E-state index contributed by atoms with van der Waals surface area (Å²) in [6.45, 7) is 13.4. The van der Waals surface area contributed by atoms with Gasteiger partial charge < -0.3 is 5.32 Å². The normalized spacial score (nSPS) is 18.8. The molecule has 0 radical (unpaired) electrons. The van der Waals surface area contributed by atoms with Gasteiger partial charge in [0.15, 0.2) is 0 Å². The molecule has 1 N–H and O–H groups in total. The van der Waals surface area contributed by atoms with Crippen LogP contribution in [-0.4, -0.2) is 19.3 Å². The molecule has 2 heteroatoms. The van der Waals surface area contributed by atoms with E-state index in [-0.39, 0.29) is 0 Å². The number of alkyl halides is 1. The molecule has 0 spiro atoms. The molecule has 0 bridgehead atoms. The number of hydrogen-bond acceptors (Lipinski definition) is 1. The fourth-order valence-corrected chi connectivity index (χ4v) is 0.619. The van der Waals surface area contributed by atoms with E-state index in [1.807, 2.05) is 41.5 Å². The molecule has 1 rings (SSSR count). The van der Waals surface area contributed by atoms with Gasteiger partial charge in [-0.3, -0.25) is 0 Å². The van der Waals surface area contributed by atoms with Gasteiger partial charge in [-0.25, -0.2) is 4.39 Å². The topological polar surface area (TPSA) is 12.0 Å². The van der Waals surface area contributed by atoms with Gasteiger partial charge in [0.05, 0.1) is 0 Å². The fraction of sp³-hybridized carbons (Fsp3) is 1.00. The van der Waals surface area contributed by atoms with Crippen LogP contribution in [0.2, 0.25) is 0 Å². The zero-order chi connectivity index (χ0) is 10.4. The molecule has 0 aromatic rings. The predicted molar refractivity (Wildman–Crippen MR) is 56.4 cm³/mol. The molecule has 12 heavy (non-hydrogen) atoms. The molecule has 0 aromatic carbocycles. The van der Waals surface area contributed by atoms with E-state index in [1.54, 1.807) is 0 Å². The monoisotopic (exact) mass is 179 g/mol. The maximum Gasteiger partial charge on any atom is 0.114 e. The maximum absolute atomic E-state index is 11.9. The van der Waals surface area contributed by atoms with Crippen LogP contribution < -0.4 is 5.32 Å².